The SMILES string of the molecule is CCOC(=O)[C@@H]1CN[C@H](CC)C1. The number of hydrogen-bond donors (Lipinski definition) is 1. The van der Waals surface area contributed by atoms with Crippen LogP contribution < -0.4 is 5.32 Å². The van der Waals surface area contributed by atoms with Gasteiger partial charge in [0.25, 0.3) is 0 Å². The van der Waals surface area contributed by atoms with Crippen molar-refractivity contribution in [1.82, 2.24) is 5.32 Å². The van der Waals surface area contributed by atoms with Gasteiger partial charge >= 0.3 is 5.97 Å². The second kappa shape index (κ2) is 4.45. The van der Waals surface area contributed by atoms with E-state index in [4.69, 9.17) is 4.74 Å². The van der Waals surface area contributed by atoms with Gasteiger partial charge in [0.05, 0.1) is 12.5 Å². The van der Waals surface area contributed by atoms with Crippen molar-refractivity contribution in [3.05, 3.63) is 0 Å². The Hall–Kier alpha value is -0.570. The third-order valence-corrected chi connectivity index (χ3v) is 2.33. The molecule has 1 aliphatic heterocycles. The van der Waals surface area contributed by atoms with Gasteiger partial charge < -0.3 is 10.1 Å². The molecule has 1 fully saturated rings. The summed E-state index contributed by atoms with van der Waals surface area (Å²) in [5.74, 6) is 0.0517. The van der Waals surface area contributed by atoms with Crippen molar-refractivity contribution in [3.8, 4) is 0 Å². The minimum absolute atomic E-state index is 0.0408. The van der Waals surface area contributed by atoms with Crippen LogP contribution >= 0.6 is 0 Å². The Kier molecular flexibility index (Phi) is 3.53. The summed E-state index contributed by atoms with van der Waals surface area (Å²) < 4.78 is 4.94. The molecule has 0 bridgehead atoms. The maximum Gasteiger partial charge on any atom is 0.310 e. The van der Waals surface area contributed by atoms with Crippen LogP contribution in [0.15, 0.2) is 0 Å². The van der Waals surface area contributed by atoms with Crippen LogP contribution in [0.3, 0.4) is 0 Å². The maximum atomic E-state index is 11.2. The third-order valence-electron chi connectivity index (χ3n) is 2.33. The van der Waals surface area contributed by atoms with E-state index in [0.29, 0.717) is 12.6 Å². The molecule has 1 aliphatic rings. The first-order valence-electron chi connectivity index (χ1n) is 4.68. The van der Waals surface area contributed by atoms with Crippen LogP contribution in [0, 0.1) is 5.92 Å². The summed E-state index contributed by atoms with van der Waals surface area (Å²) in [4.78, 5) is 11.2. The van der Waals surface area contributed by atoms with Crippen molar-refractivity contribution in [2.45, 2.75) is 32.7 Å². The molecule has 0 aromatic carbocycles. The molecule has 0 spiro atoms. The van der Waals surface area contributed by atoms with Crippen LogP contribution in [-0.2, 0) is 9.53 Å². The summed E-state index contributed by atoms with van der Waals surface area (Å²) in [6, 6.07) is 0.513. The predicted octanol–water partition coefficient (Wildman–Crippen LogP) is 0.938. The molecule has 12 heavy (non-hydrogen) atoms. The smallest absolute Gasteiger partial charge is 0.310 e. The molecule has 3 nitrogen and oxygen atoms in total. The Morgan fingerprint density at radius 2 is 2.33 bits per heavy atom. The second-order valence-electron chi connectivity index (χ2n) is 3.20. The quantitative estimate of drug-likeness (QED) is 0.642. The van der Waals surface area contributed by atoms with Crippen LogP contribution in [-0.4, -0.2) is 25.2 Å². The van der Waals surface area contributed by atoms with Gasteiger partial charge in [0, 0.05) is 12.6 Å². The normalized spacial score (nSPS) is 28.8. The highest BCUT2D eigenvalue weighted by Gasteiger charge is 2.29. The molecule has 1 N–H and O–H groups in total. The first-order valence-corrected chi connectivity index (χ1v) is 4.68. The van der Waals surface area contributed by atoms with E-state index in [1.54, 1.807) is 0 Å². The standard InChI is InChI=1S/C9H17NO2/c1-3-8-5-7(6-10-8)9(11)12-4-2/h7-8,10H,3-6H2,1-2H3/t7-,8+/m0/s1. The Morgan fingerprint density at radius 1 is 1.58 bits per heavy atom. The Morgan fingerprint density at radius 3 is 2.83 bits per heavy atom. The average molecular weight is 171 g/mol. The van der Waals surface area contributed by atoms with Gasteiger partial charge in [-0.15, -0.1) is 0 Å². The summed E-state index contributed by atoms with van der Waals surface area (Å²) >= 11 is 0. The van der Waals surface area contributed by atoms with Gasteiger partial charge in [-0.2, -0.15) is 0 Å². The largest absolute Gasteiger partial charge is 0.466 e. The van der Waals surface area contributed by atoms with E-state index in [9.17, 15) is 4.79 Å². The van der Waals surface area contributed by atoms with Crippen molar-refractivity contribution in [2.75, 3.05) is 13.2 Å². The molecule has 0 unspecified atom stereocenters. The molecular weight excluding hydrogens is 154 g/mol. The van der Waals surface area contributed by atoms with Crippen LogP contribution in [0.5, 0.6) is 0 Å². The lowest BCUT2D eigenvalue weighted by Gasteiger charge is -2.07. The topological polar surface area (TPSA) is 38.3 Å². The van der Waals surface area contributed by atoms with Gasteiger partial charge in [0.15, 0.2) is 0 Å². The lowest BCUT2D eigenvalue weighted by Crippen LogP contribution is -2.21. The van der Waals surface area contributed by atoms with Gasteiger partial charge in [0.2, 0.25) is 0 Å². The highest BCUT2D eigenvalue weighted by Crippen LogP contribution is 2.17. The van der Waals surface area contributed by atoms with Crippen LogP contribution in [0.4, 0.5) is 0 Å². The lowest BCUT2D eigenvalue weighted by atomic mass is 10.0. The number of nitrogens with one attached hydrogen (secondary N) is 1. The summed E-state index contributed by atoms with van der Waals surface area (Å²) in [5.41, 5.74) is 0. The summed E-state index contributed by atoms with van der Waals surface area (Å²) in [5, 5.41) is 3.29. The first-order chi connectivity index (χ1) is 5.77. The molecule has 0 aliphatic carbocycles. The Labute approximate surface area is 73.5 Å². The molecule has 0 aromatic heterocycles. The van der Waals surface area contributed by atoms with Crippen LogP contribution in [0.1, 0.15) is 26.7 Å². The van der Waals surface area contributed by atoms with E-state index in [-0.39, 0.29) is 11.9 Å². The van der Waals surface area contributed by atoms with Crippen molar-refractivity contribution in [3.63, 3.8) is 0 Å². The third kappa shape index (κ3) is 2.21. The summed E-state index contributed by atoms with van der Waals surface area (Å²) in [7, 11) is 0. The summed E-state index contributed by atoms with van der Waals surface area (Å²) in [6.45, 7) is 5.26. The zero-order valence-electron chi connectivity index (χ0n) is 7.80. The molecule has 0 radical (unpaired) electrons. The highest BCUT2D eigenvalue weighted by molar-refractivity contribution is 5.73. The molecule has 2 atom stereocenters. The number of esters is 1. The first kappa shape index (κ1) is 9.52. The van der Waals surface area contributed by atoms with Crippen molar-refractivity contribution in [2.24, 2.45) is 5.92 Å². The Balaban J connectivity index is 2.31. The number of carbonyl (C=O) groups is 1. The summed E-state index contributed by atoms with van der Waals surface area (Å²) in [6.07, 6.45) is 2.03. The molecule has 1 saturated heterocycles. The molecule has 0 saturated carbocycles. The zero-order valence-corrected chi connectivity index (χ0v) is 7.80. The van der Waals surface area contributed by atoms with Crippen molar-refractivity contribution in [1.29, 1.82) is 0 Å². The van der Waals surface area contributed by atoms with E-state index in [2.05, 4.69) is 12.2 Å². The number of ether oxygens (including phenoxy) is 1. The number of hydrogen-bond acceptors (Lipinski definition) is 3. The molecule has 0 amide bonds. The second-order valence-corrected chi connectivity index (χ2v) is 3.20. The fourth-order valence-electron chi connectivity index (χ4n) is 1.57. The number of rotatable bonds is 3. The van der Waals surface area contributed by atoms with Gasteiger partial charge in [-0.25, -0.2) is 0 Å². The van der Waals surface area contributed by atoms with E-state index >= 15 is 0 Å². The van der Waals surface area contributed by atoms with Gasteiger partial charge in [-0.1, -0.05) is 6.92 Å². The average Bonchev–Trinajstić information content (AvgIpc) is 2.52. The minimum Gasteiger partial charge on any atom is -0.466 e. The molecule has 1 heterocycles. The van der Waals surface area contributed by atoms with Gasteiger partial charge in [0.1, 0.15) is 0 Å². The van der Waals surface area contributed by atoms with E-state index < -0.39 is 0 Å². The van der Waals surface area contributed by atoms with E-state index in [1.807, 2.05) is 6.92 Å². The molecule has 70 valence electrons. The predicted molar refractivity (Wildman–Crippen MR) is 46.8 cm³/mol. The molecule has 3 heteroatoms. The lowest BCUT2D eigenvalue weighted by molar-refractivity contribution is -0.147. The van der Waals surface area contributed by atoms with E-state index in [0.717, 1.165) is 19.4 Å². The van der Waals surface area contributed by atoms with Crippen LogP contribution in [0.2, 0.25) is 0 Å². The fourth-order valence-corrected chi connectivity index (χ4v) is 1.57. The van der Waals surface area contributed by atoms with Gasteiger partial charge in [-0.05, 0) is 19.8 Å². The molecule has 0 aromatic rings. The molecule has 1 rings (SSSR count). The fraction of sp³-hybridized carbons (Fsp3) is 0.889. The number of carbonyl (C=O) groups excluding carboxylic acids is 1. The monoisotopic (exact) mass is 171 g/mol. The zero-order chi connectivity index (χ0) is 8.97. The highest BCUT2D eigenvalue weighted by atomic mass is 16.5. The minimum atomic E-state index is -0.0408. The van der Waals surface area contributed by atoms with Gasteiger partial charge in [-0.3, -0.25) is 4.79 Å². The molecular formula is C9H17NO2. The van der Waals surface area contributed by atoms with Crippen molar-refractivity contribution >= 4 is 5.97 Å². The maximum absolute atomic E-state index is 11.2. The van der Waals surface area contributed by atoms with Crippen LogP contribution in [0.25, 0.3) is 0 Å². The van der Waals surface area contributed by atoms with Crippen molar-refractivity contribution < 1.29 is 9.53 Å². The van der Waals surface area contributed by atoms with E-state index in [1.165, 1.54) is 0 Å². The Bertz CT molecular complexity index is 159.